The van der Waals surface area contributed by atoms with Gasteiger partial charge in [-0.25, -0.2) is 4.79 Å². The Hall–Kier alpha value is -1.38. The minimum Gasteiger partial charge on any atom is -0.462 e. The van der Waals surface area contributed by atoms with Gasteiger partial charge in [0.15, 0.2) is 0 Å². The molecule has 0 amide bonds. The van der Waals surface area contributed by atoms with Crippen molar-refractivity contribution < 1.29 is 14.3 Å². The van der Waals surface area contributed by atoms with Gasteiger partial charge in [0.25, 0.3) is 0 Å². The van der Waals surface area contributed by atoms with Gasteiger partial charge in [0, 0.05) is 0 Å². The Labute approximate surface area is 129 Å². The molecular formula is C18H30O3. The Balaban J connectivity index is 3.50. The molecule has 0 N–H and O–H groups in total. The molecule has 0 heterocycles. The average molecular weight is 294 g/mol. The second kappa shape index (κ2) is 13.6. The maximum atomic E-state index is 11.6. The van der Waals surface area contributed by atoms with Gasteiger partial charge in [0.1, 0.15) is 6.29 Å². The molecule has 0 aliphatic rings. The van der Waals surface area contributed by atoms with Crippen LogP contribution < -0.4 is 0 Å². The zero-order chi connectivity index (χ0) is 15.9. The molecule has 0 spiro atoms. The molecule has 0 aliphatic carbocycles. The van der Waals surface area contributed by atoms with E-state index in [9.17, 15) is 9.59 Å². The predicted molar refractivity (Wildman–Crippen MR) is 87.1 cm³/mol. The Morgan fingerprint density at radius 1 is 1.00 bits per heavy atom. The van der Waals surface area contributed by atoms with Gasteiger partial charge < -0.3 is 4.74 Å². The number of carbonyl (C=O) groups excluding carboxylic acids is 2. The summed E-state index contributed by atoms with van der Waals surface area (Å²) in [6, 6.07) is 0. The fourth-order valence-corrected chi connectivity index (χ4v) is 2.03. The number of hydrogen-bond donors (Lipinski definition) is 0. The fourth-order valence-electron chi connectivity index (χ4n) is 2.03. The third-order valence-corrected chi connectivity index (χ3v) is 3.52. The summed E-state index contributed by atoms with van der Waals surface area (Å²) < 4.78 is 5.14. The number of carbonyl (C=O) groups is 2. The van der Waals surface area contributed by atoms with Gasteiger partial charge in [-0.05, 0) is 25.0 Å². The quantitative estimate of drug-likeness (QED) is 0.162. The summed E-state index contributed by atoms with van der Waals surface area (Å²) in [4.78, 5) is 21.9. The first kappa shape index (κ1) is 19.6. The van der Waals surface area contributed by atoms with Crippen molar-refractivity contribution in [1.29, 1.82) is 0 Å². The summed E-state index contributed by atoms with van der Waals surface area (Å²) in [7, 11) is 0. The Morgan fingerprint density at radius 2 is 1.52 bits per heavy atom. The number of allylic oxidation sites excluding steroid dienone is 1. The lowest BCUT2D eigenvalue weighted by Crippen LogP contribution is -2.09. The zero-order valence-electron chi connectivity index (χ0n) is 13.7. The van der Waals surface area contributed by atoms with Crippen molar-refractivity contribution in [2.75, 3.05) is 6.61 Å². The number of unbranched alkanes of at least 4 members (excludes halogenated alkanes) is 8. The molecule has 0 saturated carbocycles. The summed E-state index contributed by atoms with van der Waals surface area (Å²) in [6.45, 7) is 7.97. The lowest BCUT2D eigenvalue weighted by atomic mass is 10.1. The van der Waals surface area contributed by atoms with Gasteiger partial charge in [-0.15, -0.1) is 0 Å². The van der Waals surface area contributed by atoms with E-state index in [2.05, 4.69) is 13.5 Å². The van der Waals surface area contributed by atoms with Crippen molar-refractivity contribution >= 4 is 12.3 Å². The van der Waals surface area contributed by atoms with Crippen molar-refractivity contribution in [2.45, 2.75) is 71.6 Å². The third-order valence-electron chi connectivity index (χ3n) is 3.52. The van der Waals surface area contributed by atoms with Crippen LogP contribution in [-0.2, 0) is 14.3 Å². The van der Waals surface area contributed by atoms with Crippen LogP contribution in [0.15, 0.2) is 23.8 Å². The molecule has 0 bridgehead atoms. The molecule has 0 unspecified atom stereocenters. The SMILES string of the molecule is C=C(C(=O)OCCCCCCCCCCC)C(C)=CC=O. The minimum absolute atomic E-state index is 0.262. The molecule has 3 heteroatoms. The van der Waals surface area contributed by atoms with Crippen molar-refractivity contribution in [2.24, 2.45) is 0 Å². The molecule has 0 aromatic carbocycles. The van der Waals surface area contributed by atoms with Crippen LogP contribution in [-0.4, -0.2) is 18.9 Å². The van der Waals surface area contributed by atoms with Crippen molar-refractivity contribution in [3.63, 3.8) is 0 Å². The summed E-state index contributed by atoms with van der Waals surface area (Å²) in [5.74, 6) is -0.426. The van der Waals surface area contributed by atoms with Gasteiger partial charge in [0.05, 0.1) is 12.2 Å². The maximum Gasteiger partial charge on any atom is 0.337 e. The van der Waals surface area contributed by atoms with Crippen LogP contribution in [0.1, 0.15) is 71.6 Å². The van der Waals surface area contributed by atoms with Crippen LogP contribution in [0.2, 0.25) is 0 Å². The topological polar surface area (TPSA) is 43.4 Å². The maximum absolute atomic E-state index is 11.6. The zero-order valence-corrected chi connectivity index (χ0v) is 13.7. The highest BCUT2D eigenvalue weighted by atomic mass is 16.5. The number of hydrogen-bond acceptors (Lipinski definition) is 3. The van der Waals surface area contributed by atoms with E-state index in [-0.39, 0.29) is 5.57 Å². The smallest absolute Gasteiger partial charge is 0.337 e. The largest absolute Gasteiger partial charge is 0.462 e. The van der Waals surface area contributed by atoms with Crippen LogP contribution in [0.3, 0.4) is 0 Å². The minimum atomic E-state index is -0.426. The first-order valence-electron chi connectivity index (χ1n) is 8.12. The highest BCUT2D eigenvalue weighted by Crippen LogP contribution is 2.11. The first-order chi connectivity index (χ1) is 10.1. The fraction of sp³-hybridized carbons (Fsp3) is 0.667. The predicted octanol–water partition coefficient (Wildman–Crippen LogP) is 4.76. The number of esters is 1. The molecule has 0 aromatic rings. The van der Waals surface area contributed by atoms with Crippen LogP contribution >= 0.6 is 0 Å². The molecule has 0 aromatic heterocycles. The number of rotatable bonds is 13. The average Bonchev–Trinajstić information content (AvgIpc) is 2.48. The van der Waals surface area contributed by atoms with Crippen LogP contribution in [0.4, 0.5) is 0 Å². The summed E-state index contributed by atoms with van der Waals surface area (Å²) in [5.41, 5.74) is 0.820. The van der Waals surface area contributed by atoms with Gasteiger partial charge in [-0.2, -0.15) is 0 Å². The van der Waals surface area contributed by atoms with Crippen LogP contribution in [0.25, 0.3) is 0 Å². The number of aldehydes is 1. The summed E-state index contributed by atoms with van der Waals surface area (Å²) >= 11 is 0. The Morgan fingerprint density at radius 3 is 2.05 bits per heavy atom. The lowest BCUT2D eigenvalue weighted by Gasteiger charge is -2.07. The molecule has 0 radical (unpaired) electrons. The van der Waals surface area contributed by atoms with E-state index in [0.717, 1.165) is 12.8 Å². The van der Waals surface area contributed by atoms with E-state index in [1.807, 2.05) is 0 Å². The first-order valence-corrected chi connectivity index (χ1v) is 8.12. The lowest BCUT2D eigenvalue weighted by molar-refractivity contribution is -0.138. The second-order valence-corrected chi connectivity index (χ2v) is 5.43. The van der Waals surface area contributed by atoms with Crippen molar-refractivity contribution in [1.82, 2.24) is 0 Å². The molecule has 0 saturated heterocycles. The second-order valence-electron chi connectivity index (χ2n) is 5.43. The van der Waals surface area contributed by atoms with Crippen molar-refractivity contribution in [3.8, 4) is 0 Å². The molecule has 0 rings (SSSR count). The molecule has 21 heavy (non-hydrogen) atoms. The van der Waals surface area contributed by atoms with Gasteiger partial charge in [-0.3, -0.25) is 4.79 Å². The molecular weight excluding hydrogens is 264 g/mol. The monoisotopic (exact) mass is 294 g/mol. The van der Waals surface area contributed by atoms with Gasteiger partial charge >= 0.3 is 5.97 Å². The van der Waals surface area contributed by atoms with E-state index in [1.54, 1.807) is 6.92 Å². The van der Waals surface area contributed by atoms with E-state index in [1.165, 1.54) is 51.0 Å². The van der Waals surface area contributed by atoms with Gasteiger partial charge in [0.2, 0.25) is 0 Å². The van der Waals surface area contributed by atoms with Crippen LogP contribution in [0.5, 0.6) is 0 Å². The Bertz CT molecular complexity index is 342. The highest BCUT2D eigenvalue weighted by molar-refractivity contribution is 5.93. The van der Waals surface area contributed by atoms with E-state index in [0.29, 0.717) is 18.5 Å². The van der Waals surface area contributed by atoms with Crippen molar-refractivity contribution in [3.05, 3.63) is 23.8 Å². The summed E-state index contributed by atoms with van der Waals surface area (Å²) in [5, 5.41) is 0. The highest BCUT2D eigenvalue weighted by Gasteiger charge is 2.09. The number of ether oxygens (including phenoxy) is 1. The van der Waals surface area contributed by atoms with Crippen LogP contribution in [0, 0.1) is 0 Å². The van der Waals surface area contributed by atoms with E-state index >= 15 is 0 Å². The van der Waals surface area contributed by atoms with Gasteiger partial charge in [-0.1, -0.05) is 64.9 Å². The third kappa shape index (κ3) is 11.0. The Kier molecular flexibility index (Phi) is 12.7. The molecule has 0 aliphatic heterocycles. The standard InChI is InChI=1S/C18H30O3/c1-4-5-6-7-8-9-10-11-12-15-21-18(20)17(3)16(2)13-14-19/h13-14H,3-12,15H2,1-2H3. The summed E-state index contributed by atoms with van der Waals surface area (Å²) in [6.07, 6.45) is 13.1. The molecule has 0 fully saturated rings. The van der Waals surface area contributed by atoms with E-state index < -0.39 is 5.97 Å². The van der Waals surface area contributed by atoms with E-state index in [4.69, 9.17) is 4.74 Å². The molecule has 0 atom stereocenters. The molecule has 3 nitrogen and oxygen atoms in total. The molecule has 120 valence electrons. The normalized spacial score (nSPS) is 11.2.